The highest BCUT2D eigenvalue weighted by Crippen LogP contribution is 2.29. The number of aliphatic hydroxyl groups excluding tert-OH is 1. The molecule has 0 radical (unpaired) electrons. The second kappa shape index (κ2) is 4.91. The van der Waals surface area contributed by atoms with Gasteiger partial charge in [-0.2, -0.15) is 0 Å². The van der Waals surface area contributed by atoms with E-state index in [0.29, 0.717) is 5.56 Å². The lowest BCUT2D eigenvalue weighted by Gasteiger charge is -2.15. The molecule has 0 saturated heterocycles. The van der Waals surface area contributed by atoms with Crippen molar-refractivity contribution in [1.82, 2.24) is 0 Å². The SMILES string of the molecule is COc1ccc([C@H](N)[C@@H](C)O)cc1[N+](=O)[O-]. The predicted molar refractivity (Wildman–Crippen MR) is 58.3 cm³/mol. The molecule has 16 heavy (non-hydrogen) atoms. The molecular weight excluding hydrogens is 212 g/mol. The molecule has 6 nitrogen and oxygen atoms in total. The molecule has 0 bridgehead atoms. The highest BCUT2D eigenvalue weighted by atomic mass is 16.6. The monoisotopic (exact) mass is 226 g/mol. The van der Waals surface area contributed by atoms with E-state index >= 15 is 0 Å². The largest absolute Gasteiger partial charge is 0.490 e. The average Bonchev–Trinajstić information content (AvgIpc) is 2.26. The second-order valence-electron chi connectivity index (χ2n) is 3.45. The summed E-state index contributed by atoms with van der Waals surface area (Å²) in [5.41, 5.74) is 6.03. The zero-order valence-electron chi connectivity index (χ0n) is 9.08. The van der Waals surface area contributed by atoms with Crippen molar-refractivity contribution in [1.29, 1.82) is 0 Å². The maximum atomic E-state index is 10.7. The second-order valence-corrected chi connectivity index (χ2v) is 3.45. The molecule has 0 saturated carbocycles. The molecule has 0 aliphatic rings. The lowest BCUT2D eigenvalue weighted by molar-refractivity contribution is -0.385. The molecule has 6 heteroatoms. The van der Waals surface area contributed by atoms with Crippen LogP contribution in [0.25, 0.3) is 0 Å². The summed E-state index contributed by atoms with van der Waals surface area (Å²) in [5.74, 6) is 0.173. The molecule has 3 N–H and O–H groups in total. The average molecular weight is 226 g/mol. The molecule has 1 aromatic carbocycles. The summed E-state index contributed by atoms with van der Waals surface area (Å²) in [6.45, 7) is 1.53. The van der Waals surface area contributed by atoms with E-state index in [1.54, 1.807) is 6.07 Å². The van der Waals surface area contributed by atoms with Crippen LogP contribution >= 0.6 is 0 Å². The Labute approximate surface area is 92.8 Å². The minimum absolute atomic E-state index is 0.156. The third kappa shape index (κ3) is 2.47. The molecule has 0 heterocycles. The highest BCUT2D eigenvalue weighted by Gasteiger charge is 2.19. The van der Waals surface area contributed by atoms with Gasteiger partial charge in [-0.3, -0.25) is 10.1 Å². The third-order valence-corrected chi connectivity index (χ3v) is 2.30. The smallest absolute Gasteiger partial charge is 0.311 e. The standard InChI is InChI=1S/C10H14N2O4/c1-6(13)10(11)7-3-4-9(16-2)8(5-7)12(14)15/h3-6,10,13H,11H2,1-2H3/t6-,10-/m1/s1. The van der Waals surface area contributed by atoms with E-state index in [-0.39, 0.29) is 11.4 Å². The number of ether oxygens (including phenoxy) is 1. The van der Waals surface area contributed by atoms with Gasteiger partial charge in [0, 0.05) is 6.07 Å². The van der Waals surface area contributed by atoms with E-state index in [9.17, 15) is 15.2 Å². The van der Waals surface area contributed by atoms with Crippen LogP contribution in [0.15, 0.2) is 18.2 Å². The van der Waals surface area contributed by atoms with E-state index in [4.69, 9.17) is 10.5 Å². The number of hydrogen-bond acceptors (Lipinski definition) is 5. The van der Waals surface area contributed by atoms with Crippen LogP contribution in [-0.2, 0) is 0 Å². The number of nitrogens with zero attached hydrogens (tertiary/aromatic N) is 1. The Bertz CT molecular complexity index is 392. The Hall–Kier alpha value is -1.66. The lowest BCUT2D eigenvalue weighted by atomic mass is 10.0. The van der Waals surface area contributed by atoms with Gasteiger partial charge in [0.25, 0.3) is 0 Å². The molecular formula is C10H14N2O4. The maximum absolute atomic E-state index is 10.7. The zero-order valence-corrected chi connectivity index (χ0v) is 9.08. The fraction of sp³-hybridized carbons (Fsp3) is 0.400. The van der Waals surface area contributed by atoms with Crippen LogP contribution < -0.4 is 10.5 Å². The first-order valence-electron chi connectivity index (χ1n) is 4.73. The van der Waals surface area contributed by atoms with Crippen LogP contribution in [0.1, 0.15) is 18.5 Å². The van der Waals surface area contributed by atoms with E-state index in [2.05, 4.69) is 0 Å². The van der Waals surface area contributed by atoms with E-state index in [1.165, 1.54) is 26.2 Å². The predicted octanol–water partition coefficient (Wildman–Crippen LogP) is 0.984. The Balaban J connectivity index is 3.16. The topological polar surface area (TPSA) is 98.6 Å². The number of nitro benzene ring substituents is 1. The number of benzene rings is 1. The van der Waals surface area contributed by atoms with Crippen LogP contribution in [0.4, 0.5) is 5.69 Å². The molecule has 0 aromatic heterocycles. The molecule has 88 valence electrons. The van der Waals surface area contributed by atoms with Crippen molar-refractivity contribution >= 4 is 5.69 Å². The first-order chi connectivity index (χ1) is 7.47. The van der Waals surface area contributed by atoms with Crippen molar-refractivity contribution < 1.29 is 14.8 Å². The van der Waals surface area contributed by atoms with Crippen molar-refractivity contribution in [3.63, 3.8) is 0 Å². The van der Waals surface area contributed by atoms with Crippen molar-refractivity contribution in [3.05, 3.63) is 33.9 Å². The van der Waals surface area contributed by atoms with Crippen molar-refractivity contribution in [2.75, 3.05) is 7.11 Å². The number of aliphatic hydroxyl groups is 1. The Morgan fingerprint density at radius 2 is 2.19 bits per heavy atom. The van der Waals surface area contributed by atoms with E-state index < -0.39 is 17.1 Å². The number of nitro groups is 1. The van der Waals surface area contributed by atoms with Crippen LogP contribution in [-0.4, -0.2) is 23.2 Å². The van der Waals surface area contributed by atoms with Gasteiger partial charge in [0.05, 0.1) is 24.2 Å². The first-order valence-corrected chi connectivity index (χ1v) is 4.73. The molecule has 0 spiro atoms. The van der Waals surface area contributed by atoms with Crippen molar-refractivity contribution in [2.45, 2.75) is 19.1 Å². The highest BCUT2D eigenvalue weighted by molar-refractivity contribution is 5.49. The summed E-state index contributed by atoms with van der Waals surface area (Å²) in [6, 6.07) is 3.74. The van der Waals surface area contributed by atoms with Gasteiger partial charge in [-0.15, -0.1) is 0 Å². The molecule has 0 aliphatic heterocycles. The third-order valence-electron chi connectivity index (χ3n) is 2.30. The van der Waals surface area contributed by atoms with Gasteiger partial charge in [0.15, 0.2) is 5.75 Å². The minimum Gasteiger partial charge on any atom is -0.490 e. The van der Waals surface area contributed by atoms with Gasteiger partial charge >= 0.3 is 5.69 Å². The summed E-state index contributed by atoms with van der Waals surface area (Å²) < 4.78 is 4.86. The van der Waals surface area contributed by atoms with Gasteiger partial charge in [-0.25, -0.2) is 0 Å². The number of methoxy groups -OCH3 is 1. The fourth-order valence-corrected chi connectivity index (χ4v) is 1.34. The molecule has 2 atom stereocenters. The Morgan fingerprint density at radius 1 is 1.56 bits per heavy atom. The number of nitrogens with two attached hydrogens (primary N) is 1. The van der Waals surface area contributed by atoms with Crippen LogP contribution in [0, 0.1) is 10.1 Å². The summed E-state index contributed by atoms with van der Waals surface area (Å²) in [4.78, 5) is 10.2. The lowest BCUT2D eigenvalue weighted by Crippen LogP contribution is -2.23. The van der Waals surface area contributed by atoms with Crippen LogP contribution in [0.3, 0.4) is 0 Å². The molecule has 0 unspecified atom stereocenters. The van der Waals surface area contributed by atoms with E-state index in [0.717, 1.165) is 0 Å². The summed E-state index contributed by atoms with van der Waals surface area (Å²) >= 11 is 0. The zero-order chi connectivity index (χ0) is 12.3. The summed E-state index contributed by atoms with van der Waals surface area (Å²) in [5, 5.41) is 20.1. The van der Waals surface area contributed by atoms with Gasteiger partial charge in [0.2, 0.25) is 0 Å². The minimum atomic E-state index is -0.770. The number of rotatable bonds is 4. The quantitative estimate of drug-likeness (QED) is 0.589. The molecule has 0 fully saturated rings. The molecule has 1 aromatic rings. The Morgan fingerprint density at radius 3 is 2.62 bits per heavy atom. The molecule has 0 amide bonds. The molecule has 1 rings (SSSR count). The van der Waals surface area contributed by atoms with E-state index in [1.807, 2.05) is 0 Å². The van der Waals surface area contributed by atoms with Crippen molar-refractivity contribution in [3.8, 4) is 5.75 Å². The van der Waals surface area contributed by atoms with Gasteiger partial charge in [-0.1, -0.05) is 6.07 Å². The summed E-state index contributed by atoms with van der Waals surface area (Å²) in [6.07, 6.45) is -0.770. The van der Waals surface area contributed by atoms with Crippen LogP contribution in [0.2, 0.25) is 0 Å². The Kier molecular flexibility index (Phi) is 3.81. The fourth-order valence-electron chi connectivity index (χ4n) is 1.34. The van der Waals surface area contributed by atoms with Gasteiger partial charge in [-0.05, 0) is 18.6 Å². The van der Waals surface area contributed by atoms with Gasteiger partial charge in [0.1, 0.15) is 0 Å². The van der Waals surface area contributed by atoms with Crippen LogP contribution in [0.5, 0.6) is 5.75 Å². The first kappa shape index (κ1) is 12.4. The molecule has 0 aliphatic carbocycles. The van der Waals surface area contributed by atoms with Crippen molar-refractivity contribution in [2.24, 2.45) is 5.73 Å². The van der Waals surface area contributed by atoms with Gasteiger partial charge < -0.3 is 15.6 Å². The normalized spacial score (nSPS) is 14.2. The maximum Gasteiger partial charge on any atom is 0.311 e. The summed E-state index contributed by atoms with van der Waals surface area (Å²) in [7, 11) is 1.36. The number of hydrogen-bond donors (Lipinski definition) is 2.